The highest BCUT2D eigenvalue weighted by atomic mass is 16.5. The average Bonchev–Trinajstić information content (AvgIpc) is 3.28. The monoisotopic (exact) mass is 428 g/mol. The zero-order chi connectivity index (χ0) is 22.2. The number of methoxy groups -OCH3 is 1. The highest BCUT2D eigenvalue weighted by Gasteiger charge is 2.41. The largest absolute Gasteiger partial charge is 0.497 e. The number of furan rings is 1. The van der Waals surface area contributed by atoms with Gasteiger partial charge in [0.05, 0.1) is 24.7 Å². The fourth-order valence-corrected chi connectivity index (χ4v) is 4.77. The molecule has 0 spiro atoms. The highest BCUT2D eigenvalue weighted by Crippen LogP contribution is 2.47. The van der Waals surface area contributed by atoms with E-state index < -0.39 is 6.04 Å². The van der Waals surface area contributed by atoms with Crippen molar-refractivity contribution in [3.63, 3.8) is 0 Å². The van der Waals surface area contributed by atoms with E-state index in [1.54, 1.807) is 24.3 Å². The summed E-state index contributed by atoms with van der Waals surface area (Å²) in [5.74, 6) is 1.25. The van der Waals surface area contributed by atoms with Gasteiger partial charge in [0.2, 0.25) is 5.91 Å². The first kappa shape index (κ1) is 20.1. The van der Waals surface area contributed by atoms with Gasteiger partial charge < -0.3 is 14.5 Å². The van der Waals surface area contributed by atoms with Gasteiger partial charge >= 0.3 is 0 Å². The molecule has 0 saturated heterocycles. The van der Waals surface area contributed by atoms with Gasteiger partial charge in [-0.3, -0.25) is 14.5 Å². The number of hydrogen-bond donors (Lipinski definition) is 1. The molecule has 0 unspecified atom stereocenters. The number of Topliss-reactive ketones (excluding diaryl/α,β-unsaturated/α-hetero) is 1. The van der Waals surface area contributed by atoms with E-state index in [0.717, 1.165) is 28.4 Å². The first-order chi connectivity index (χ1) is 15.6. The summed E-state index contributed by atoms with van der Waals surface area (Å²) in [5, 5.41) is 3.49. The second-order valence-electron chi connectivity index (χ2n) is 8.14. The maximum atomic E-state index is 13.6. The van der Waals surface area contributed by atoms with Gasteiger partial charge in [0.15, 0.2) is 5.78 Å². The summed E-state index contributed by atoms with van der Waals surface area (Å²) in [6.07, 6.45) is 2.60. The van der Waals surface area contributed by atoms with Gasteiger partial charge in [-0.15, -0.1) is 0 Å². The van der Waals surface area contributed by atoms with E-state index in [2.05, 4.69) is 5.32 Å². The predicted octanol–water partition coefficient (Wildman–Crippen LogP) is 5.21. The maximum absolute atomic E-state index is 13.6. The molecule has 1 aliphatic carbocycles. The third kappa shape index (κ3) is 3.38. The molecule has 6 nitrogen and oxygen atoms in total. The molecule has 2 aliphatic rings. The van der Waals surface area contributed by atoms with Crippen molar-refractivity contribution in [3.8, 4) is 5.75 Å². The van der Waals surface area contributed by atoms with Gasteiger partial charge in [0.25, 0.3) is 0 Å². The van der Waals surface area contributed by atoms with Gasteiger partial charge in [-0.05, 0) is 54.3 Å². The molecule has 1 N–H and O–H groups in total. The number of ether oxygens (including phenoxy) is 1. The second kappa shape index (κ2) is 8.04. The number of allylic oxidation sites excluding steroid dienone is 1. The minimum absolute atomic E-state index is 0.0139. The fraction of sp³-hybridized carbons (Fsp3) is 0.231. The Kier molecular flexibility index (Phi) is 5.05. The molecule has 1 amide bonds. The second-order valence-corrected chi connectivity index (χ2v) is 8.14. The minimum atomic E-state index is -0.613. The number of nitrogens with zero attached hydrogens (tertiary/aromatic N) is 1. The number of hydrogen-bond acceptors (Lipinski definition) is 5. The third-order valence-corrected chi connectivity index (χ3v) is 6.23. The Morgan fingerprint density at radius 3 is 2.53 bits per heavy atom. The van der Waals surface area contributed by atoms with Gasteiger partial charge in [-0.25, -0.2) is 0 Å². The van der Waals surface area contributed by atoms with E-state index in [4.69, 9.17) is 9.15 Å². The topological polar surface area (TPSA) is 71.8 Å². The Morgan fingerprint density at radius 2 is 1.84 bits per heavy atom. The van der Waals surface area contributed by atoms with Crippen LogP contribution in [-0.2, 0) is 9.59 Å². The summed E-state index contributed by atoms with van der Waals surface area (Å²) in [5.41, 5.74) is 4.04. The maximum Gasteiger partial charge on any atom is 0.224 e. The molecular formula is C26H24N2O4. The molecule has 6 heteroatoms. The molecule has 1 aromatic heterocycles. The van der Waals surface area contributed by atoms with Gasteiger partial charge in [-0.1, -0.05) is 24.3 Å². The molecule has 32 heavy (non-hydrogen) atoms. The van der Waals surface area contributed by atoms with Gasteiger partial charge in [0, 0.05) is 24.6 Å². The molecule has 0 bridgehead atoms. The summed E-state index contributed by atoms with van der Waals surface area (Å²) >= 11 is 0. The lowest BCUT2D eigenvalue weighted by atomic mass is 9.79. The van der Waals surface area contributed by atoms with Crippen LogP contribution in [0.2, 0.25) is 0 Å². The number of benzene rings is 2. The summed E-state index contributed by atoms with van der Waals surface area (Å²) in [4.78, 5) is 28.1. The number of rotatable bonds is 3. The quantitative estimate of drug-likeness (QED) is 0.620. The Bertz CT molecular complexity index is 1190. The van der Waals surface area contributed by atoms with Crippen molar-refractivity contribution in [2.45, 2.75) is 31.7 Å². The van der Waals surface area contributed by atoms with Crippen LogP contribution in [0.3, 0.4) is 0 Å². The number of ketones is 1. The molecule has 0 fully saturated rings. The normalized spacial score (nSPS) is 20.2. The molecule has 2 aromatic carbocycles. The Balaban J connectivity index is 1.64. The van der Waals surface area contributed by atoms with Crippen molar-refractivity contribution in [2.24, 2.45) is 0 Å². The van der Waals surface area contributed by atoms with Crippen LogP contribution in [0.4, 0.5) is 11.4 Å². The van der Waals surface area contributed by atoms with Crippen molar-refractivity contribution in [2.75, 3.05) is 17.3 Å². The van der Waals surface area contributed by atoms with Crippen molar-refractivity contribution in [1.29, 1.82) is 0 Å². The molecule has 3 aromatic rings. The standard InChI is InChI=1S/C26H24N2O4/c1-16(29)28-22-7-4-3-6-20(22)27-21-14-18(17-9-11-19(31-2)12-10-17)15-23(30)25(21)26(28)24-8-5-13-32-24/h3-13,18,26-27H,14-15H2,1-2H3/t18-,26-/m1/s1. The van der Waals surface area contributed by atoms with Crippen molar-refractivity contribution in [3.05, 3.63) is 89.5 Å². The van der Waals surface area contributed by atoms with E-state index >= 15 is 0 Å². The zero-order valence-electron chi connectivity index (χ0n) is 18.0. The lowest BCUT2D eigenvalue weighted by Crippen LogP contribution is -2.37. The van der Waals surface area contributed by atoms with Crippen LogP contribution in [0.5, 0.6) is 5.75 Å². The summed E-state index contributed by atoms with van der Waals surface area (Å²) in [7, 11) is 1.64. The number of nitrogens with one attached hydrogen (secondary N) is 1. The van der Waals surface area contributed by atoms with Crippen LogP contribution in [0, 0.1) is 0 Å². The van der Waals surface area contributed by atoms with Gasteiger partial charge in [-0.2, -0.15) is 0 Å². The molecular weight excluding hydrogens is 404 g/mol. The molecule has 0 radical (unpaired) electrons. The van der Waals surface area contributed by atoms with Crippen molar-refractivity contribution < 1.29 is 18.7 Å². The average molecular weight is 428 g/mol. The van der Waals surface area contributed by atoms with E-state index in [1.165, 1.54) is 6.92 Å². The van der Waals surface area contributed by atoms with Gasteiger partial charge in [0.1, 0.15) is 17.6 Å². The van der Waals surface area contributed by atoms with Crippen LogP contribution >= 0.6 is 0 Å². The van der Waals surface area contributed by atoms with E-state index in [1.807, 2.05) is 54.6 Å². The van der Waals surface area contributed by atoms with E-state index in [-0.39, 0.29) is 17.6 Å². The summed E-state index contributed by atoms with van der Waals surface area (Å²) < 4.78 is 11.0. The smallest absolute Gasteiger partial charge is 0.224 e. The van der Waals surface area contributed by atoms with Crippen LogP contribution in [0.1, 0.15) is 43.0 Å². The van der Waals surface area contributed by atoms with E-state index in [0.29, 0.717) is 24.2 Å². The molecule has 2 atom stereocenters. The van der Waals surface area contributed by atoms with Crippen LogP contribution in [0.15, 0.2) is 82.6 Å². The number of amides is 1. The Hall–Kier alpha value is -3.80. The molecule has 2 heterocycles. The van der Waals surface area contributed by atoms with Crippen molar-refractivity contribution >= 4 is 23.1 Å². The Labute approximate surface area is 186 Å². The zero-order valence-corrected chi connectivity index (χ0v) is 18.0. The number of carbonyl (C=O) groups excluding carboxylic acids is 2. The summed E-state index contributed by atoms with van der Waals surface area (Å²) in [6, 6.07) is 18.5. The molecule has 1 aliphatic heterocycles. The van der Waals surface area contributed by atoms with Crippen molar-refractivity contribution in [1.82, 2.24) is 0 Å². The predicted molar refractivity (Wildman–Crippen MR) is 122 cm³/mol. The number of anilines is 2. The number of carbonyl (C=O) groups is 2. The highest BCUT2D eigenvalue weighted by molar-refractivity contribution is 6.05. The third-order valence-electron chi connectivity index (χ3n) is 6.23. The van der Waals surface area contributed by atoms with E-state index in [9.17, 15) is 9.59 Å². The lowest BCUT2D eigenvalue weighted by molar-refractivity contribution is -0.117. The molecule has 5 rings (SSSR count). The molecule has 0 saturated carbocycles. The first-order valence-corrected chi connectivity index (χ1v) is 10.7. The first-order valence-electron chi connectivity index (χ1n) is 10.7. The number of para-hydroxylation sites is 2. The van der Waals surface area contributed by atoms with Crippen LogP contribution < -0.4 is 15.0 Å². The fourth-order valence-electron chi connectivity index (χ4n) is 4.77. The lowest BCUT2D eigenvalue weighted by Gasteiger charge is -2.33. The summed E-state index contributed by atoms with van der Waals surface area (Å²) in [6.45, 7) is 1.52. The molecule has 162 valence electrons. The van der Waals surface area contributed by atoms with Crippen LogP contribution in [0.25, 0.3) is 0 Å². The van der Waals surface area contributed by atoms with Crippen LogP contribution in [-0.4, -0.2) is 18.8 Å². The minimum Gasteiger partial charge on any atom is -0.497 e. The Morgan fingerprint density at radius 1 is 1.06 bits per heavy atom. The number of fused-ring (bicyclic) bond motifs is 1. The SMILES string of the molecule is COc1ccc([C@H]2CC(=O)C3=C(C2)Nc2ccccc2N(C(C)=O)[C@@H]3c2ccco2)cc1.